The lowest BCUT2D eigenvalue weighted by atomic mass is 9.58. The van der Waals surface area contributed by atoms with E-state index < -0.39 is 29.1 Å². The van der Waals surface area contributed by atoms with Crippen molar-refractivity contribution in [1.29, 1.82) is 0 Å². The van der Waals surface area contributed by atoms with Crippen molar-refractivity contribution in [2.75, 3.05) is 11.5 Å². The molecule has 15 atom stereocenters. The quantitative estimate of drug-likeness (QED) is 0.183. The van der Waals surface area contributed by atoms with Crippen LogP contribution in [0, 0.1) is 47.3 Å². The molecule has 9 nitrogen and oxygen atoms in total. The second-order valence-corrected chi connectivity index (χ2v) is 17.2. The maximum absolute atomic E-state index is 12.1. The summed E-state index contributed by atoms with van der Waals surface area (Å²) in [5.74, 6) is 3.25. The van der Waals surface area contributed by atoms with Crippen molar-refractivity contribution in [1.82, 2.24) is 0 Å². The second-order valence-electron chi connectivity index (χ2n) is 15.2. The highest BCUT2D eigenvalue weighted by molar-refractivity contribution is 7.99. The van der Waals surface area contributed by atoms with Gasteiger partial charge in [-0.3, -0.25) is 4.79 Å². The average Bonchev–Trinajstić information content (AvgIpc) is 3.37. The summed E-state index contributed by atoms with van der Waals surface area (Å²) in [7, 11) is 0. The number of carbonyl (C=O) groups excluding carboxylic acids is 1. The number of hydrogen-bond donors (Lipinski definition) is 1. The predicted molar refractivity (Wildman–Crippen MR) is 173 cm³/mol. The minimum atomic E-state index is -0.793. The number of esters is 1. The number of rotatable bonds is 2. The highest BCUT2D eigenvalue weighted by atomic mass is 32.2. The Hall–Kier alpha value is -0.110. The van der Waals surface area contributed by atoms with Crippen LogP contribution in [-0.4, -0.2) is 58.3 Å². The van der Waals surface area contributed by atoms with Gasteiger partial charge in [-0.2, -0.15) is 12.6 Å². The van der Waals surface area contributed by atoms with Crippen LogP contribution < -0.4 is 0 Å². The highest BCUT2D eigenvalue weighted by Crippen LogP contribution is 2.62. The molecule has 45 heavy (non-hydrogen) atoms. The van der Waals surface area contributed by atoms with Crippen LogP contribution in [0.4, 0.5) is 0 Å². The Morgan fingerprint density at radius 1 is 0.733 bits per heavy atom. The molecule has 8 aliphatic heterocycles. The third-order valence-corrected chi connectivity index (χ3v) is 13.6. The molecule has 2 spiro atoms. The Morgan fingerprint density at radius 2 is 1.24 bits per heavy atom. The summed E-state index contributed by atoms with van der Waals surface area (Å²) < 4.78 is 24.3. The standard InChI is InChI=1S/C17H28O4S.C15H22O5.C2H6S/c1-5-22-14-11(3)13-7-6-10(2)12-8-9-16(4)19-15(18-14)17(12,13)21-20-16;1-8-4-5-11-9(2)12(16)17-13-15(11)10(8)6-7-14(3,18-13)19-20-15;1-2-3/h10-15H,5-9H2,1-4H3;8-11,13H,4-7H2,1-3H3;3H,2H2,1H3/t10-,11-,12?,13?,14-,15-,16+,17-;8-,9-,10?,11?,13-,14+,15-;/m11./s1. The lowest BCUT2D eigenvalue weighted by molar-refractivity contribution is -0.568. The van der Waals surface area contributed by atoms with Gasteiger partial charge < -0.3 is 18.9 Å². The Labute approximate surface area is 279 Å². The van der Waals surface area contributed by atoms with Crippen LogP contribution in [0.5, 0.6) is 0 Å². The Kier molecular flexibility index (Phi) is 10.0. The minimum absolute atomic E-state index is 0.123. The number of thiol groups is 1. The summed E-state index contributed by atoms with van der Waals surface area (Å²) in [4.78, 5) is 35.6. The molecular formula is C34H56O9S2. The van der Waals surface area contributed by atoms with Crippen molar-refractivity contribution in [3.05, 3.63) is 0 Å². The van der Waals surface area contributed by atoms with Crippen molar-refractivity contribution >= 4 is 30.4 Å². The second kappa shape index (κ2) is 13.0. The van der Waals surface area contributed by atoms with Crippen molar-refractivity contribution in [2.24, 2.45) is 47.3 Å². The molecule has 0 amide bonds. The van der Waals surface area contributed by atoms with Crippen LogP contribution in [0.25, 0.3) is 0 Å². The molecule has 2 saturated carbocycles. The SMILES string of the molecule is CCS.CCS[C@H]1O[C@@H]2O[C@]3(C)CCC4[C@H](C)CCC([C@H]1C)[C@]42OO3.C[C@@H]1CCC2[C@@H](C)C(=O)O[C@@H]3O[C@]4(C)CCC1[C@@]23OO4. The number of carbonyl (C=O) groups is 1. The van der Waals surface area contributed by atoms with E-state index >= 15 is 0 Å². The number of fused-ring (bicyclic) bond motifs is 4. The monoisotopic (exact) mass is 672 g/mol. The molecule has 0 aromatic rings. The van der Waals surface area contributed by atoms with Gasteiger partial charge >= 0.3 is 5.97 Å². The van der Waals surface area contributed by atoms with Gasteiger partial charge in [0, 0.05) is 30.6 Å². The molecule has 10 rings (SSSR count). The molecule has 0 N–H and O–H groups in total. The van der Waals surface area contributed by atoms with Gasteiger partial charge in [0.15, 0.2) is 17.5 Å². The summed E-state index contributed by atoms with van der Waals surface area (Å²) in [6.07, 6.45) is 7.41. The lowest BCUT2D eigenvalue weighted by Crippen LogP contribution is -2.70. The molecule has 4 unspecified atom stereocenters. The summed E-state index contributed by atoms with van der Waals surface area (Å²) in [6.45, 7) is 16.9. The van der Waals surface area contributed by atoms with Crippen LogP contribution in [0.1, 0.15) is 107 Å². The molecule has 0 aromatic carbocycles. The molecule has 8 heterocycles. The van der Waals surface area contributed by atoms with Crippen LogP contribution in [-0.2, 0) is 43.3 Å². The fraction of sp³-hybridized carbons (Fsp3) is 0.971. The first-order valence-corrected chi connectivity index (χ1v) is 19.2. The molecule has 2 aliphatic carbocycles. The summed E-state index contributed by atoms with van der Waals surface area (Å²) in [5, 5.41) is 0. The van der Waals surface area contributed by atoms with Crippen molar-refractivity contribution in [3.63, 3.8) is 0 Å². The van der Waals surface area contributed by atoms with Crippen molar-refractivity contribution in [2.45, 2.75) is 148 Å². The summed E-state index contributed by atoms with van der Waals surface area (Å²) in [5.41, 5.74) is -0.815. The molecule has 8 saturated heterocycles. The Bertz CT molecular complexity index is 1080. The first-order chi connectivity index (χ1) is 21.4. The van der Waals surface area contributed by atoms with Gasteiger partial charge in [0.25, 0.3) is 0 Å². The maximum atomic E-state index is 12.1. The number of hydrogen-bond acceptors (Lipinski definition) is 11. The molecule has 4 bridgehead atoms. The summed E-state index contributed by atoms with van der Waals surface area (Å²) >= 11 is 5.68. The van der Waals surface area contributed by atoms with E-state index in [0.29, 0.717) is 35.5 Å². The van der Waals surface area contributed by atoms with Crippen LogP contribution in [0.2, 0.25) is 0 Å². The van der Waals surface area contributed by atoms with E-state index in [2.05, 4.69) is 40.3 Å². The summed E-state index contributed by atoms with van der Waals surface area (Å²) in [6, 6.07) is 0. The lowest BCUT2D eigenvalue weighted by Gasteiger charge is -2.60. The topological polar surface area (TPSA) is 90.9 Å². The zero-order valence-electron chi connectivity index (χ0n) is 28.5. The van der Waals surface area contributed by atoms with Gasteiger partial charge in [-0.1, -0.05) is 41.5 Å². The van der Waals surface area contributed by atoms with Crippen molar-refractivity contribution in [3.8, 4) is 0 Å². The van der Waals surface area contributed by atoms with Gasteiger partial charge in [0.1, 0.15) is 5.44 Å². The average molecular weight is 673 g/mol. The Balaban J connectivity index is 0.000000147. The van der Waals surface area contributed by atoms with Gasteiger partial charge in [-0.05, 0) is 87.5 Å². The fourth-order valence-corrected chi connectivity index (χ4v) is 11.0. The molecule has 0 aromatic heterocycles. The predicted octanol–water partition coefficient (Wildman–Crippen LogP) is 7.28. The van der Waals surface area contributed by atoms with E-state index in [4.69, 9.17) is 38.5 Å². The van der Waals surface area contributed by atoms with Crippen LogP contribution in [0.3, 0.4) is 0 Å². The first-order valence-electron chi connectivity index (χ1n) is 17.6. The van der Waals surface area contributed by atoms with E-state index in [-0.39, 0.29) is 29.5 Å². The number of thioether (sulfide) groups is 1. The molecule has 258 valence electrons. The molecule has 11 heteroatoms. The van der Waals surface area contributed by atoms with Crippen LogP contribution in [0.15, 0.2) is 0 Å². The molecule has 10 aliphatic rings. The molecule has 0 radical (unpaired) electrons. The van der Waals surface area contributed by atoms with E-state index in [1.54, 1.807) is 0 Å². The van der Waals surface area contributed by atoms with Gasteiger partial charge in [0.2, 0.25) is 17.9 Å². The molecular weight excluding hydrogens is 616 g/mol. The van der Waals surface area contributed by atoms with E-state index in [9.17, 15) is 4.79 Å². The fourth-order valence-electron chi connectivity index (χ4n) is 9.99. The minimum Gasteiger partial charge on any atom is -0.432 e. The van der Waals surface area contributed by atoms with Gasteiger partial charge in [0.05, 0.1) is 5.92 Å². The number of ether oxygens (including phenoxy) is 4. The van der Waals surface area contributed by atoms with Gasteiger partial charge in [-0.15, -0.1) is 11.8 Å². The van der Waals surface area contributed by atoms with Crippen LogP contribution >= 0.6 is 24.4 Å². The normalized spacial score (nSPS) is 54.1. The third kappa shape index (κ3) is 5.64. The first kappa shape index (κ1) is 34.7. The zero-order chi connectivity index (χ0) is 32.4. The van der Waals surface area contributed by atoms with E-state index in [0.717, 1.165) is 50.0 Å². The van der Waals surface area contributed by atoms with Gasteiger partial charge in [-0.25, -0.2) is 19.6 Å². The zero-order valence-corrected chi connectivity index (χ0v) is 30.2. The highest BCUT2D eigenvalue weighted by Gasteiger charge is 2.71. The smallest absolute Gasteiger partial charge is 0.311 e. The van der Waals surface area contributed by atoms with E-state index in [1.165, 1.54) is 12.8 Å². The maximum Gasteiger partial charge on any atom is 0.311 e. The largest absolute Gasteiger partial charge is 0.432 e. The van der Waals surface area contributed by atoms with Crippen molar-refractivity contribution < 1.29 is 43.3 Å². The van der Waals surface area contributed by atoms with E-state index in [1.807, 2.05) is 39.5 Å². The Morgan fingerprint density at radius 3 is 1.80 bits per heavy atom. The molecule has 10 fully saturated rings. The third-order valence-electron chi connectivity index (χ3n) is 12.4.